The van der Waals surface area contributed by atoms with E-state index in [0.717, 1.165) is 10.7 Å². The third-order valence-electron chi connectivity index (χ3n) is 2.27. The topological polar surface area (TPSA) is 80.9 Å². The zero-order valence-electron chi connectivity index (χ0n) is 10.8. The number of aromatic nitrogens is 2. The van der Waals surface area contributed by atoms with Crippen molar-refractivity contribution in [2.75, 3.05) is 11.9 Å². The van der Waals surface area contributed by atoms with Gasteiger partial charge in [0.05, 0.1) is 5.01 Å². The van der Waals surface area contributed by atoms with Crippen molar-refractivity contribution in [3.63, 3.8) is 0 Å². The Morgan fingerprint density at radius 1 is 1.35 bits per heavy atom. The number of anilines is 1. The summed E-state index contributed by atoms with van der Waals surface area (Å²) >= 11 is 1.44. The highest BCUT2D eigenvalue weighted by Gasteiger charge is 2.11. The first-order valence-electron chi connectivity index (χ1n) is 5.58. The van der Waals surface area contributed by atoms with Gasteiger partial charge in [-0.05, 0) is 25.6 Å². The second-order valence-corrected chi connectivity index (χ2v) is 4.73. The molecule has 0 unspecified atom stereocenters. The lowest BCUT2D eigenvalue weighted by atomic mass is 10.3. The summed E-state index contributed by atoms with van der Waals surface area (Å²) in [5.74, 6) is 0.293. The minimum Gasteiger partial charge on any atom is -0.330 e. The molecule has 0 saturated heterocycles. The van der Waals surface area contributed by atoms with Crippen LogP contribution in [0.5, 0.6) is 0 Å². The van der Waals surface area contributed by atoms with E-state index in [9.17, 15) is 4.79 Å². The molecule has 2 rings (SSSR count). The number of amides is 1. The molecule has 0 aromatic carbocycles. The molecule has 0 aliphatic carbocycles. The van der Waals surface area contributed by atoms with Gasteiger partial charge in [0.2, 0.25) is 0 Å². The molecule has 0 saturated carbocycles. The van der Waals surface area contributed by atoms with Crippen LogP contribution in [0.2, 0.25) is 0 Å². The molecule has 20 heavy (non-hydrogen) atoms. The van der Waals surface area contributed by atoms with E-state index in [4.69, 9.17) is 5.73 Å². The first-order valence-corrected chi connectivity index (χ1v) is 6.46. The van der Waals surface area contributed by atoms with Crippen LogP contribution in [0.3, 0.4) is 0 Å². The van der Waals surface area contributed by atoms with Gasteiger partial charge < -0.3 is 11.1 Å². The van der Waals surface area contributed by atoms with Crippen LogP contribution in [0, 0.1) is 6.92 Å². The predicted molar refractivity (Wildman–Crippen MR) is 86.3 cm³/mol. The second-order valence-electron chi connectivity index (χ2n) is 3.78. The Morgan fingerprint density at radius 2 is 2.10 bits per heavy atom. The quantitative estimate of drug-likeness (QED) is 0.899. The maximum Gasteiger partial charge on any atom is 0.276 e. The first kappa shape index (κ1) is 18.8. The van der Waals surface area contributed by atoms with Crippen molar-refractivity contribution >= 4 is 47.9 Å². The minimum atomic E-state index is -0.243. The average molecular weight is 335 g/mol. The highest BCUT2D eigenvalue weighted by molar-refractivity contribution is 7.09. The van der Waals surface area contributed by atoms with Crippen molar-refractivity contribution in [1.29, 1.82) is 0 Å². The molecule has 0 spiro atoms. The molecule has 0 aliphatic heterocycles. The van der Waals surface area contributed by atoms with Crippen molar-refractivity contribution < 1.29 is 4.79 Å². The second kappa shape index (κ2) is 8.86. The van der Waals surface area contributed by atoms with E-state index < -0.39 is 0 Å². The molecule has 2 aromatic rings. The zero-order chi connectivity index (χ0) is 13.0. The Bertz CT molecular complexity index is 562. The van der Waals surface area contributed by atoms with Gasteiger partial charge >= 0.3 is 0 Å². The fourth-order valence-corrected chi connectivity index (χ4v) is 2.24. The lowest BCUT2D eigenvalue weighted by Gasteiger charge is -2.02. The van der Waals surface area contributed by atoms with Gasteiger partial charge in [-0.1, -0.05) is 6.07 Å². The number of aryl methyl sites for hydroxylation is 1. The molecule has 0 radical (unpaired) electrons. The summed E-state index contributed by atoms with van der Waals surface area (Å²) in [6, 6.07) is 5.47. The highest BCUT2D eigenvalue weighted by Crippen LogP contribution is 2.12. The minimum absolute atomic E-state index is 0. The molecule has 2 heterocycles. The molecule has 110 valence electrons. The summed E-state index contributed by atoms with van der Waals surface area (Å²) in [6.07, 6.45) is 0.695. The monoisotopic (exact) mass is 334 g/mol. The Kier molecular flexibility index (Phi) is 8.33. The predicted octanol–water partition coefficient (Wildman–Crippen LogP) is 2.44. The zero-order valence-corrected chi connectivity index (χ0v) is 13.3. The fraction of sp³-hybridized carbons (Fsp3) is 0.250. The summed E-state index contributed by atoms with van der Waals surface area (Å²) in [4.78, 5) is 20.3. The van der Waals surface area contributed by atoms with E-state index in [1.54, 1.807) is 11.4 Å². The number of thiazole rings is 1. The van der Waals surface area contributed by atoms with Crippen molar-refractivity contribution in [3.8, 4) is 0 Å². The van der Waals surface area contributed by atoms with Crippen LogP contribution in [0.1, 0.15) is 21.2 Å². The lowest BCUT2D eigenvalue weighted by molar-refractivity contribution is 0.102. The van der Waals surface area contributed by atoms with Gasteiger partial charge in [-0.15, -0.1) is 36.2 Å². The number of halogens is 2. The summed E-state index contributed by atoms with van der Waals surface area (Å²) in [5.41, 5.74) is 6.71. The number of nitrogens with zero attached hydrogens (tertiary/aromatic N) is 2. The Hall–Kier alpha value is -1.21. The van der Waals surface area contributed by atoms with Gasteiger partial charge in [0.25, 0.3) is 5.91 Å². The van der Waals surface area contributed by atoms with Crippen molar-refractivity contribution in [2.45, 2.75) is 13.3 Å². The van der Waals surface area contributed by atoms with Crippen LogP contribution < -0.4 is 11.1 Å². The summed E-state index contributed by atoms with van der Waals surface area (Å²) < 4.78 is 0. The van der Waals surface area contributed by atoms with Crippen molar-refractivity contribution in [1.82, 2.24) is 9.97 Å². The molecule has 1 amide bonds. The molecule has 0 atom stereocenters. The van der Waals surface area contributed by atoms with Crippen LogP contribution in [-0.2, 0) is 6.42 Å². The van der Waals surface area contributed by atoms with Gasteiger partial charge in [0, 0.05) is 17.5 Å². The van der Waals surface area contributed by atoms with Gasteiger partial charge in [0.1, 0.15) is 11.5 Å². The number of hydrogen-bond donors (Lipinski definition) is 2. The Labute approximate surface area is 133 Å². The van der Waals surface area contributed by atoms with Gasteiger partial charge in [-0.2, -0.15) is 0 Å². The van der Waals surface area contributed by atoms with Crippen molar-refractivity contribution in [2.24, 2.45) is 5.73 Å². The number of pyridine rings is 1. The molecule has 8 heteroatoms. The third-order valence-corrected chi connectivity index (χ3v) is 3.18. The first-order chi connectivity index (χ1) is 8.69. The molecule has 5 nitrogen and oxygen atoms in total. The van der Waals surface area contributed by atoms with Crippen LogP contribution >= 0.6 is 36.2 Å². The highest BCUT2D eigenvalue weighted by atomic mass is 35.5. The summed E-state index contributed by atoms with van der Waals surface area (Å²) in [6.45, 7) is 2.41. The SMILES string of the molecule is Cc1cccc(NC(=O)c2csc(CCN)n2)n1.Cl.Cl. The Morgan fingerprint density at radius 3 is 2.75 bits per heavy atom. The number of nitrogens with two attached hydrogens (primary N) is 1. The molecular weight excluding hydrogens is 319 g/mol. The van der Waals surface area contributed by atoms with Crippen LogP contribution in [0.15, 0.2) is 23.6 Å². The van der Waals surface area contributed by atoms with E-state index in [0.29, 0.717) is 24.5 Å². The average Bonchev–Trinajstić information content (AvgIpc) is 2.78. The number of nitrogens with one attached hydrogen (secondary N) is 1. The van der Waals surface area contributed by atoms with Gasteiger partial charge in [-0.25, -0.2) is 9.97 Å². The molecule has 2 aromatic heterocycles. The molecule has 0 aliphatic rings. The van der Waals surface area contributed by atoms with Crippen LogP contribution in [0.4, 0.5) is 5.82 Å². The smallest absolute Gasteiger partial charge is 0.276 e. The standard InChI is InChI=1S/C12H14N4OS.2ClH/c1-8-3-2-4-10(14-8)16-12(17)9-7-18-11(15-9)5-6-13;;/h2-4,7H,5-6,13H2,1H3,(H,14,16,17);2*1H. The molecule has 3 N–H and O–H groups in total. The largest absolute Gasteiger partial charge is 0.330 e. The van der Waals surface area contributed by atoms with E-state index in [1.165, 1.54) is 11.3 Å². The molecular formula is C12H16Cl2N4OS. The van der Waals surface area contributed by atoms with Crippen molar-refractivity contribution in [3.05, 3.63) is 40.0 Å². The third kappa shape index (κ3) is 5.05. The summed E-state index contributed by atoms with van der Waals surface area (Å²) in [5, 5.41) is 5.32. The lowest BCUT2D eigenvalue weighted by Crippen LogP contribution is -2.14. The van der Waals surface area contributed by atoms with Crippen LogP contribution in [-0.4, -0.2) is 22.4 Å². The van der Waals surface area contributed by atoms with Gasteiger partial charge in [-0.3, -0.25) is 4.79 Å². The number of carbonyl (C=O) groups is 1. The number of hydrogen-bond acceptors (Lipinski definition) is 5. The van der Waals surface area contributed by atoms with E-state index >= 15 is 0 Å². The molecule has 0 bridgehead atoms. The van der Waals surface area contributed by atoms with E-state index in [2.05, 4.69) is 15.3 Å². The number of carbonyl (C=O) groups excluding carboxylic acids is 1. The fourth-order valence-electron chi connectivity index (χ4n) is 1.45. The van der Waals surface area contributed by atoms with Gasteiger partial charge in [0.15, 0.2) is 0 Å². The maximum atomic E-state index is 11.9. The van der Waals surface area contributed by atoms with E-state index in [1.807, 2.05) is 19.1 Å². The Balaban J connectivity index is 0.00000180. The molecule has 0 fully saturated rings. The normalized spacial score (nSPS) is 9.30. The number of rotatable bonds is 4. The maximum absolute atomic E-state index is 11.9. The van der Waals surface area contributed by atoms with E-state index in [-0.39, 0.29) is 30.7 Å². The summed E-state index contributed by atoms with van der Waals surface area (Å²) in [7, 11) is 0. The van der Waals surface area contributed by atoms with Crippen LogP contribution in [0.25, 0.3) is 0 Å².